The summed E-state index contributed by atoms with van der Waals surface area (Å²) in [6, 6.07) is 8.15. The second kappa shape index (κ2) is 5.67. The van der Waals surface area contributed by atoms with Gasteiger partial charge in [0.05, 0.1) is 0 Å². The molecule has 2 rings (SSSR count). The molecule has 1 fully saturated rings. The summed E-state index contributed by atoms with van der Waals surface area (Å²) in [5.41, 5.74) is 2.37. The molecule has 1 aromatic rings. The van der Waals surface area contributed by atoms with E-state index in [0.717, 1.165) is 5.56 Å². The lowest BCUT2D eigenvalue weighted by Crippen LogP contribution is -2.06. The second-order valence-corrected chi connectivity index (χ2v) is 4.64. The Morgan fingerprint density at radius 2 is 1.88 bits per heavy atom. The van der Waals surface area contributed by atoms with Crippen molar-refractivity contribution < 1.29 is 9.90 Å². The summed E-state index contributed by atoms with van der Waals surface area (Å²) in [6.45, 7) is 0. The Bertz CT molecular complexity index is 415. The lowest BCUT2D eigenvalue weighted by Gasteiger charge is -2.23. The third-order valence-corrected chi connectivity index (χ3v) is 3.45. The molecule has 0 heterocycles. The van der Waals surface area contributed by atoms with Gasteiger partial charge in [-0.05, 0) is 36.0 Å². The highest BCUT2D eigenvalue weighted by Crippen LogP contribution is 2.34. The van der Waals surface area contributed by atoms with Gasteiger partial charge in [-0.15, -0.1) is 0 Å². The van der Waals surface area contributed by atoms with E-state index < -0.39 is 5.97 Å². The molecule has 0 aromatic heterocycles. The van der Waals surface area contributed by atoms with Gasteiger partial charge in [-0.2, -0.15) is 0 Å². The smallest absolute Gasteiger partial charge is 0.328 e. The van der Waals surface area contributed by atoms with Crippen molar-refractivity contribution >= 4 is 12.0 Å². The molecule has 0 unspecified atom stereocenters. The molecular formula is C15H18O2. The van der Waals surface area contributed by atoms with Crippen molar-refractivity contribution in [2.24, 2.45) is 0 Å². The number of hydrogen-bond donors (Lipinski definition) is 1. The van der Waals surface area contributed by atoms with Crippen LogP contribution in [0.5, 0.6) is 0 Å². The quantitative estimate of drug-likeness (QED) is 0.801. The van der Waals surface area contributed by atoms with Crippen molar-refractivity contribution in [2.45, 2.75) is 38.0 Å². The molecule has 0 amide bonds. The summed E-state index contributed by atoms with van der Waals surface area (Å²) in [4.78, 5) is 10.6. The molecule has 2 nitrogen and oxygen atoms in total. The largest absolute Gasteiger partial charge is 0.478 e. The molecule has 0 bridgehead atoms. The van der Waals surface area contributed by atoms with Crippen molar-refractivity contribution in [2.75, 3.05) is 0 Å². The highest BCUT2D eigenvalue weighted by atomic mass is 16.4. The van der Waals surface area contributed by atoms with Crippen molar-refractivity contribution in [3.05, 3.63) is 41.5 Å². The Labute approximate surface area is 102 Å². The Kier molecular flexibility index (Phi) is 3.97. The predicted octanol–water partition coefficient (Wildman–Crippen LogP) is 3.83. The Hall–Kier alpha value is -1.57. The molecule has 0 radical (unpaired) electrons. The number of rotatable bonds is 3. The van der Waals surface area contributed by atoms with Crippen LogP contribution in [0, 0.1) is 0 Å². The van der Waals surface area contributed by atoms with Crippen LogP contribution in [0.15, 0.2) is 30.3 Å². The van der Waals surface area contributed by atoms with Crippen LogP contribution in [0.25, 0.3) is 6.08 Å². The molecule has 1 saturated carbocycles. The van der Waals surface area contributed by atoms with Crippen LogP contribution in [0.4, 0.5) is 0 Å². The van der Waals surface area contributed by atoms with Gasteiger partial charge in [0, 0.05) is 6.08 Å². The van der Waals surface area contributed by atoms with Crippen molar-refractivity contribution in [1.82, 2.24) is 0 Å². The second-order valence-electron chi connectivity index (χ2n) is 4.64. The summed E-state index contributed by atoms with van der Waals surface area (Å²) in [5.74, 6) is -0.276. The summed E-state index contributed by atoms with van der Waals surface area (Å²) in [7, 11) is 0. The fourth-order valence-electron chi connectivity index (χ4n) is 2.61. The summed E-state index contributed by atoms with van der Waals surface area (Å²) in [6.07, 6.45) is 9.33. The monoisotopic (exact) mass is 230 g/mol. The standard InChI is InChI=1S/C15H18O2/c16-15(17)11-10-13-8-4-5-9-14(13)12-6-2-1-3-7-12/h4-5,8-12H,1-3,6-7H2,(H,16,17)/b11-10+. The fraction of sp³-hybridized carbons (Fsp3) is 0.400. The van der Waals surface area contributed by atoms with Gasteiger partial charge in [0.25, 0.3) is 0 Å². The van der Waals surface area contributed by atoms with E-state index in [0.29, 0.717) is 5.92 Å². The van der Waals surface area contributed by atoms with Gasteiger partial charge < -0.3 is 5.11 Å². The van der Waals surface area contributed by atoms with E-state index in [2.05, 4.69) is 6.07 Å². The highest BCUT2D eigenvalue weighted by Gasteiger charge is 2.17. The van der Waals surface area contributed by atoms with Gasteiger partial charge in [0.2, 0.25) is 0 Å². The lowest BCUT2D eigenvalue weighted by molar-refractivity contribution is -0.131. The molecule has 0 aliphatic heterocycles. The molecule has 0 spiro atoms. The van der Waals surface area contributed by atoms with E-state index in [9.17, 15) is 4.79 Å². The zero-order chi connectivity index (χ0) is 12.1. The van der Waals surface area contributed by atoms with E-state index >= 15 is 0 Å². The fourth-order valence-corrected chi connectivity index (χ4v) is 2.61. The number of carbonyl (C=O) groups is 1. The summed E-state index contributed by atoms with van der Waals surface area (Å²) >= 11 is 0. The van der Waals surface area contributed by atoms with Crippen LogP contribution in [0.1, 0.15) is 49.1 Å². The number of carboxylic acid groups (broad SMARTS) is 1. The molecule has 0 atom stereocenters. The third-order valence-electron chi connectivity index (χ3n) is 3.45. The van der Waals surface area contributed by atoms with E-state index in [4.69, 9.17) is 5.11 Å². The van der Waals surface area contributed by atoms with Crippen LogP contribution in [-0.4, -0.2) is 11.1 Å². The van der Waals surface area contributed by atoms with Crippen molar-refractivity contribution in [3.8, 4) is 0 Å². The van der Waals surface area contributed by atoms with Crippen LogP contribution in [0.3, 0.4) is 0 Å². The Balaban J connectivity index is 2.23. The molecule has 17 heavy (non-hydrogen) atoms. The maximum absolute atomic E-state index is 10.6. The maximum Gasteiger partial charge on any atom is 0.328 e. The first-order valence-electron chi connectivity index (χ1n) is 6.27. The first-order valence-corrected chi connectivity index (χ1v) is 6.27. The Morgan fingerprint density at radius 1 is 1.18 bits per heavy atom. The number of hydrogen-bond acceptors (Lipinski definition) is 1. The SMILES string of the molecule is O=C(O)/C=C/c1ccccc1C1CCCCC1. The van der Waals surface area contributed by atoms with Crippen molar-refractivity contribution in [3.63, 3.8) is 0 Å². The van der Waals surface area contributed by atoms with Crippen LogP contribution < -0.4 is 0 Å². The van der Waals surface area contributed by atoms with Gasteiger partial charge in [0.15, 0.2) is 0 Å². The first-order chi connectivity index (χ1) is 8.27. The minimum Gasteiger partial charge on any atom is -0.478 e. The lowest BCUT2D eigenvalue weighted by atomic mass is 9.82. The van der Waals surface area contributed by atoms with E-state index in [1.807, 2.05) is 18.2 Å². The van der Waals surface area contributed by atoms with Gasteiger partial charge in [0.1, 0.15) is 0 Å². The zero-order valence-electron chi connectivity index (χ0n) is 9.93. The molecule has 1 aliphatic rings. The van der Waals surface area contributed by atoms with E-state index in [-0.39, 0.29) is 0 Å². The van der Waals surface area contributed by atoms with Crippen LogP contribution in [-0.2, 0) is 4.79 Å². The predicted molar refractivity (Wildman–Crippen MR) is 68.9 cm³/mol. The molecule has 0 saturated heterocycles. The average Bonchev–Trinajstić information content (AvgIpc) is 2.38. The topological polar surface area (TPSA) is 37.3 Å². The molecule has 90 valence electrons. The summed E-state index contributed by atoms with van der Waals surface area (Å²) in [5, 5.41) is 8.69. The van der Waals surface area contributed by atoms with Gasteiger partial charge in [-0.25, -0.2) is 4.79 Å². The minimum absolute atomic E-state index is 0.610. The number of aliphatic carboxylic acids is 1. The van der Waals surface area contributed by atoms with Gasteiger partial charge >= 0.3 is 5.97 Å². The molecule has 1 aliphatic carbocycles. The first kappa shape index (κ1) is 11.9. The molecule has 1 N–H and O–H groups in total. The normalized spacial score (nSPS) is 17.4. The average molecular weight is 230 g/mol. The molecule has 1 aromatic carbocycles. The Morgan fingerprint density at radius 3 is 2.59 bits per heavy atom. The highest BCUT2D eigenvalue weighted by molar-refractivity contribution is 5.85. The third kappa shape index (κ3) is 3.19. The van der Waals surface area contributed by atoms with E-state index in [1.54, 1.807) is 6.08 Å². The number of carboxylic acids is 1. The molecular weight excluding hydrogens is 212 g/mol. The zero-order valence-corrected chi connectivity index (χ0v) is 9.93. The van der Waals surface area contributed by atoms with Crippen LogP contribution in [0.2, 0.25) is 0 Å². The summed E-state index contributed by atoms with van der Waals surface area (Å²) < 4.78 is 0. The van der Waals surface area contributed by atoms with Crippen LogP contribution >= 0.6 is 0 Å². The van der Waals surface area contributed by atoms with Crippen molar-refractivity contribution in [1.29, 1.82) is 0 Å². The minimum atomic E-state index is -0.886. The maximum atomic E-state index is 10.6. The van der Waals surface area contributed by atoms with E-state index in [1.165, 1.54) is 43.7 Å². The van der Waals surface area contributed by atoms with Gasteiger partial charge in [-0.1, -0.05) is 43.5 Å². The number of benzene rings is 1. The van der Waals surface area contributed by atoms with Gasteiger partial charge in [-0.3, -0.25) is 0 Å². The molecule has 2 heteroatoms.